The molecule has 8 nitrogen and oxygen atoms in total. The van der Waals surface area contributed by atoms with Crippen LogP contribution in [0.25, 0.3) is 10.9 Å². The first-order valence-electron chi connectivity index (χ1n) is 12.6. The SMILES string of the molecule is COc1cc(C2c3[nH]c4ccccc4c3C[C@@H]3C(=O)N(Cc4ccccc4)CC(=O)N23)cc(OC)c1OC. The highest BCUT2D eigenvalue weighted by Gasteiger charge is 2.48. The van der Waals surface area contributed by atoms with Crippen LogP contribution < -0.4 is 14.2 Å². The number of aromatic nitrogens is 1. The van der Waals surface area contributed by atoms with Crippen molar-refractivity contribution < 1.29 is 23.8 Å². The number of para-hydroxylation sites is 1. The zero-order valence-corrected chi connectivity index (χ0v) is 21.6. The Labute approximate surface area is 220 Å². The lowest BCUT2D eigenvalue weighted by molar-refractivity contribution is -0.159. The smallest absolute Gasteiger partial charge is 0.246 e. The molecule has 6 rings (SSSR count). The Balaban J connectivity index is 1.50. The highest BCUT2D eigenvalue weighted by atomic mass is 16.5. The number of ether oxygens (including phenoxy) is 3. The average Bonchev–Trinajstić information content (AvgIpc) is 3.32. The third-order valence-corrected chi connectivity index (χ3v) is 7.56. The molecule has 4 aromatic rings. The topological polar surface area (TPSA) is 84.1 Å². The van der Waals surface area contributed by atoms with E-state index in [4.69, 9.17) is 14.2 Å². The Morgan fingerprint density at radius 1 is 0.895 bits per heavy atom. The van der Waals surface area contributed by atoms with Crippen LogP contribution in [0.5, 0.6) is 17.2 Å². The number of amides is 2. The summed E-state index contributed by atoms with van der Waals surface area (Å²) in [5.74, 6) is 1.29. The van der Waals surface area contributed by atoms with Gasteiger partial charge in [-0.05, 0) is 34.9 Å². The molecular weight excluding hydrogens is 482 g/mol. The van der Waals surface area contributed by atoms with E-state index in [2.05, 4.69) is 11.1 Å². The second-order valence-electron chi connectivity index (χ2n) is 9.62. The van der Waals surface area contributed by atoms with Crippen LogP contribution in [0.2, 0.25) is 0 Å². The minimum Gasteiger partial charge on any atom is -0.493 e. The standard InChI is InChI=1S/C30H29N3O5/c1-36-24-13-19(14-25(37-2)29(24)38-3)28-27-21(20-11-7-8-12-22(20)31-27)15-23-30(35)32(17-26(34)33(23)28)16-18-9-5-4-6-10-18/h4-14,23,28,31H,15-17H2,1-3H3/t23-,28?/m1/s1. The maximum absolute atomic E-state index is 14.0. The maximum atomic E-state index is 14.0. The van der Waals surface area contributed by atoms with Gasteiger partial charge in [0.15, 0.2) is 11.5 Å². The Bertz CT molecular complexity index is 1500. The second kappa shape index (κ2) is 9.45. The summed E-state index contributed by atoms with van der Waals surface area (Å²) in [4.78, 5) is 34.8. The van der Waals surface area contributed by atoms with Gasteiger partial charge in [0, 0.05) is 29.6 Å². The molecule has 0 radical (unpaired) electrons. The summed E-state index contributed by atoms with van der Waals surface area (Å²) in [5.41, 5.74) is 4.68. The van der Waals surface area contributed by atoms with Crippen LogP contribution in [-0.2, 0) is 22.6 Å². The van der Waals surface area contributed by atoms with Crippen LogP contribution in [0.3, 0.4) is 0 Å². The van der Waals surface area contributed by atoms with Gasteiger partial charge in [-0.25, -0.2) is 0 Å². The number of aromatic amines is 1. The molecule has 2 amide bonds. The summed E-state index contributed by atoms with van der Waals surface area (Å²) in [6.45, 7) is 0.409. The Hall–Kier alpha value is -4.46. The zero-order chi connectivity index (χ0) is 26.4. The molecule has 1 N–H and O–H groups in total. The van der Waals surface area contributed by atoms with Crippen molar-refractivity contribution in [2.75, 3.05) is 27.9 Å². The Morgan fingerprint density at radius 2 is 1.58 bits per heavy atom. The van der Waals surface area contributed by atoms with E-state index in [1.807, 2.05) is 60.7 Å². The number of nitrogens with one attached hydrogen (secondary N) is 1. The van der Waals surface area contributed by atoms with Crippen LogP contribution in [0.1, 0.15) is 28.4 Å². The van der Waals surface area contributed by atoms with Crippen LogP contribution >= 0.6 is 0 Å². The summed E-state index contributed by atoms with van der Waals surface area (Å²) < 4.78 is 16.8. The first-order valence-corrected chi connectivity index (χ1v) is 12.6. The molecule has 1 fully saturated rings. The number of H-pyrrole nitrogens is 1. The lowest BCUT2D eigenvalue weighted by Crippen LogP contribution is -2.62. The predicted molar refractivity (Wildman–Crippen MR) is 142 cm³/mol. The van der Waals surface area contributed by atoms with Crippen molar-refractivity contribution in [2.45, 2.75) is 25.0 Å². The van der Waals surface area contributed by atoms with Gasteiger partial charge < -0.3 is 29.0 Å². The van der Waals surface area contributed by atoms with Gasteiger partial charge in [-0.3, -0.25) is 9.59 Å². The molecule has 8 heteroatoms. The number of methoxy groups -OCH3 is 3. The number of benzene rings is 3. The van der Waals surface area contributed by atoms with Gasteiger partial charge in [-0.15, -0.1) is 0 Å². The van der Waals surface area contributed by atoms with E-state index >= 15 is 0 Å². The molecule has 3 heterocycles. The number of carbonyl (C=O) groups is 2. The molecule has 3 aromatic carbocycles. The number of rotatable bonds is 6. The quantitative estimate of drug-likeness (QED) is 0.422. The van der Waals surface area contributed by atoms with Gasteiger partial charge in [0.1, 0.15) is 12.6 Å². The third-order valence-electron chi connectivity index (χ3n) is 7.56. The van der Waals surface area contributed by atoms with E-state index in [1.54, 1.807) is 31.1 Å². The van der Waals surface area contributed by atoms with Gasteiger partial charge >= 0.3 is 0 Å². The van der Waals surface area contributed by atoms with Crippen LogP contribution in [0.4, 0.5) is 0 Å². The lowest BCUT2D eigenvalue weighted by Gasteiger charge is -2.47. The normalized spacial score (nSPS) is 18.8. The van der Waals surface area contributed by atoms with E-state index in [0.29, 0.717) is 30.2 Å². The average molecular weight is 512 g/mol. The number of nitrogens with zero attached hydrogens (tertiary/aromatic N) is 2. The highest BCUT2D eigenvalue weighted by molar-refractivity contribution is 5.97. The summed E-state index contributed by atoms with van der Waals surface area (Å²) >= 11 is 0. The van der Waals surface area contributed by atoms with E-state index in [9.17, 15) is 9.59 Å². The molecule has 0 saturated carbocycles. The van der Waals surface area contributed by atoms with Gasteiger partial charge in [0.05, 0.1) is 27.4 Å². The monoisotopic (exact) mass is 511 g/mol. The number of fused-ring (bicyclic) bond motifs is 4. The van der Waals surface area contributed by atoms with Crippen molar-refractivity contribution >= 4 is 22.7 Å². The van der Waals surface area contributed by atoms with Crippen molar-refractivity contribution in [3.8, 4) is 17.2 Å². The van der Waals surface area contributed by atoms with Crippen LogP contribution in [-0.4, -0.2) is 60.5 Å². The van der Waals surface area contributed by atoms with Gasteiger partial charge in [-0.1, -0.05) is 48.5 Å². The number of piperazine rings is 1. The third kappa shape index (κ3) is 3.75. The molecule has 0 spiro atoms. The molecule has 1 unspecified atom stereocenters. The van der Waals surface area contributed by atoms with E-state index < -0.39 is 12.1 Å². The summed E-state index contributed by atoms with van der Waals surface area (Å²) in [7, 11) is 4.69. The van der Waals surface area contributed by atoms with Gasteiger partial charge in [-0.2, -0.15) is 0 Å². The molecule has 38 heavy (non-hydrogen) atoms. The molecule has 1 aromatic heterocycles. The Morgan fingerprint density at radius 3 is 2.26 bits per heavy atom. The fraction of sp³-hybridized carbons (Fsp3) is 0.267. The molecule has 1 saturated heterocycles. The summed E-state index contributed by atoms with van der Waals surface area (Å²) in [6.07, 6.45) is 0.441. The second-order valence-corrected chi connectivity index (χ2v) is 9.62. The largest absolute Gasteiger partial charge is 0.493 e. The molecule has 0 aliphatic carbocycles. The first-order chi connectivity index (χ1) is 18.5. The van der Waals surface area contributed by atoms with Crippen molar-refractivity contribution in [2.24, 2.45) is 0 Å². The first kappa shape index (κ1) is 23.9. The maximum Gasteiger partial charge on any atom is 0.246 e. The fourth-order valence-electron chi connectivity index (χ4n) is 5.87. The van der Waals surface area contributed by atoms with E-state index in [-0.39, 0.29) is 18.4 Å². The van der Waals surface area contributed by atoms with Gasteiger partial charge in [0.25, 0.3) is 0 Å². The molecular formula is C30H29N3O5. The highest BCUT2D eigenvalue weighted by Crippen LogP contribution is 2.47. The van der Waals surface area contributed by atoms with E-state index in [0.717, 1.165) is 33.3 Å². The molecule has 2 aliphatic heterocycles. The summed E-state index contributed by atoms with van der Waals surface area (Å²) in [6, 6.07) is 20.4. The molecule has 2 atom stereocenters. The van der Waals surface area contributed by atoms with Crippen molar-refractivity contribution in [1.82, 2.24) is 14.8 Å². The van der Waals surface area contributed by atoms with Crippen LogP contribution in [0, 0.1) is 0 Å². The molecule has 2 aliphatic rings. The van der Waals surface area contributed by atoms with Crippen LogP contribution in [0.15, 0.2) is 66.7 Å². The lowest BCUT2D eigenvalue weighted by atomic mass is 9.86. The molecule has 194 valence electrons. The minimum absolute atomic E-state index is 0.0146. The van der Waals surface area contributed by atoms with Gasteiger partial charge in [0.2, 0.25) is 17.6 Å². The zero-order valence-electron chi connectivity index (χ0n) is 21.6. The van der Waals surface area contributed by atoms with E-state index in [1.165, 1.54) is 0 Å². The fourth-order valence-corrected chi connectivity index (χ4v) is 5.87. The van der Waals surface area contributed by atoms with Crippen molar-refractivity contribution in [3.63, 3.8) is 0 Å². The minimum atomic E-state index is -0.629. The summed E-state index contributed by atoms with van der Waals surface area (Å²) in [5, 5.41) is 1.06. The molecule has 0 bridgehead atoms. The van der Waals surface area contributed by atoms with Crippen molar-refractivity contribution in [3.05, 3.63) is 89.1 Å². The number of carbonyl (C=O) groups excluding carboxylic acids is 2. The van der Waals surface area contributed by atoms with Crippen molar-refractivity contribution in [1.29, 1.82) is 0 Å². The Kier molecular flexibility index (Phi) is 5.94. The number of hydrogen-bond donors (Lipinski definition) is 1. The predicted octanol–water partition coefficient (Wildman–Crippen LogP) is 4.08. The number of hydrogen-bond acceptors (Lipinski definition) is 5.